The van der Waals surface area contributed by atoms with Crippen LogP contribution in [0.3, 0.4) is 0 Å². The third kappa shape index (κ3) is 7.69. The Hall–Kier alpha value is -3.73. The summed E-state index contributed by atoms with van der Waals surface area (Å²) in [5.41, 5.74) is 5.21. The minimum absolute atomic E-state index is 0.291. The lowest BCUT2D eigenvalue weighted by molar-refractivity contribution is 0.0564. The first-order chi connectivity index (χ1) is 15.9. The van der Waals surface area contributed by atoms with Crippen molar-refractivity contribution in [3.05, 3.63) is 85.3 Å². The van der Waals surface area contributed by atoms with Crippen LogP contribution in [0.15, 0.2) is 85.3 Å². The van der Waals surface area contributed by atoms with Gasteiger partial charge in [0.05, 0.1) is 0 Å². The molecule has 0 atom stereocenters. The predicted octanol–water partition coefficient (Wildman–Crippen LogP) is 8.07. The molecule has 0 spiro atoms. The third-order valence-corrected chi connectivity index (χ3v) is 4.68. The first-order valence-electron chi connectivity index (χ1n) is 11.3. The molecule has 2 N–H and O–H groups in total. The van der Waals surface area contributed by atoms with Gasteiger partial charge in [0, 0.05) is 11.4 Å². The highest BCUT2D eigenvalue weighted by Gasteiger charge is 2.16. The monoisotopic (exact) mass is 458 g/mol. The minimum Gasteiger partial charge on any atom is -0.474 e. The van der Waals surface area contributed by atoms with E-state index < -0.39 is 11.7 Å². The first-order valence-corrected chi connectivity index (χ1v) is 11.3. The van der Waals surface area contributed by atoms with E-state index in [9.17, 15) is 4.79 Å². The summed E-state index contributed by atoms with van der Waals surface area (Å²) < 4.78 is 11.0. The zero-order valence-corrected chi connectivity index (χ0v) is 20.9. The lowest BCUT2D eigenvalue weighted by Crippen LogP contribution is -2.27. The summed E-state index contributed by atoms with van der Waals surface area (Å²) in [6.07, 6.45) is -0.461. The van der Waals surface area contributed by atoms with Crippen molar-refractivity contribution in [3.8, 4) is 22.3 Å². The SMILES string of the molecule is C=C(Nc1ccc(-c2ccc(-c3ccc(NC(=O)OC(C)(C)C)cc3)cc2)cc1)OC(C)(C)C. The Kier molecular flexibility index (Phi) is 7.35. The smallest absolute Gasteiger partial charge is 0.412 e. The van der Waals surface area contributed by atoms with Crippen molar-refractivity contribution in [2.45, 2.75) is 52.7 Å². The molecule has 0 aliphatic heterocycles. The molecule has 178 valence electrons. The van der Waals surface area contributed by atoms with E-state index in [1.807, 2.05) is 77.9 Å². The number of anilines is 2. The standard InChI is InChI=1S/C29H34N2O3/c1-20(33-28(2,3)4)30-25-16-12-23(13-17-25)21-8-10-22(11-9-21)24-14-18-26(19-15-24)31-27(32)34-29(5,6)7/h8-19,30H,1H2,2-7H3,(H,31,32). The highest BCUT2D eigenvalue weighted by molar-refractivity contribution is 5.85. The molecule has 0 heterocycles. The van der Waals surface area contributed by atoms with Gasteiger partial charge in [-0.2, -0.15) is 0 Å². The number of hydrogen-bond donors (Lipinski definition) is 2. The number of carbonyl (C=O) groups is 1. The Morgan fingerprint density at radius 3 is 1.26 bits per heavy atom. The van der Waals surface area contributed by atoms with Crippen molar-refractivity contribution < 1.29 is 14.3 Å². The van der Waals surface area contributed by atoms with Gasteiger partial charge in [0.25, 0.3) is 0 Å². The van der Waals surface area contributed by atoms with Crippen LogP contribution in [-0.2, 0) is 9.47 Å². The lowest BCUT2D eigenvalue weighted by Gasteiger charge is -2.23. The number of benzene rings is 3. The Labute approximate surface area is 202 Å². The summed E-state index contributed by atoms with van der Waals surface area (Å²) >= 11 is 0. The van der Waals surface area contributed by atoms with Gasteiger partial charge in [0.15, 0.2) is 5.88 Å². The maximum absolute atomic E-state index is 11.9. The maximum atomic E-state index is 11.9. The van der Waals surface area contributed by atoms with E-state index in [0.717, 1.165) is 27.9 Å². The minimum atomic E-state index is -0.530. The average molecular weight is 459 g/mol. The molecule has 5 heteroatoms. The van der Waals surface area contributed by atoms with Crippen LogP contribution in [0, 0.1) is 0 Å². The maximum Gasteiger partial charge on any atom is 0.412 e. The molecular formula is C29H34N2O3. The number of ether oxygens (including phenoxy) is 2. The zero-order valence-electron chi connectivity index (χ0n) is 20.9. The van der Waals surface area contributed by atoms with E-state index in [0.29, 0.717) is 11.6 Å². The van der Waals surface area contributed by atoms with Crippen LogP contribution in [0.4, 0.5) is 16.2 Å². The summed E-state index contributed by atoms with van der Waals surface area (Å²) in [7, 11) is 0. The molecule has 5 nitrogen and oxygen atoms in total. The highest BCUT2D eigenvalue weighted by atomic mass is 16.6. The predicted molar refractivity (Wildman–Crippen MR) is 141 cm³/mol. The molecule has 0 unspecified atom stereocenters. The molecule has 0 fully saturated rings. The second-order valence-electron chi connectivity index (χ2n) is 10.1. The van der Waals surface area contributed by atoms with Crippen molar-refractivity contribution in [2.75, 3.05) is 10.6 Å². The summed E-state index contributed by atoms with van der Waals surface area (Å²) in [5, 5.41) is 5.94. The molecule has 34 heavy (non-hydrogen) atoms. The molecule has 0 saturated heterocycles. The molecule has 0 aromatic heterocycles. The number of hydrogen-bond acceptors (Lipinski definition) is 4. The molecule has 1 amide bonds. The van der Waals surface area contributed by atoms with Gasteiger partial charge in [-0.05, 0) is 94.6 Å². The Bertz CT molecular complexity index is 1030. The van der Waals surface area contributed by atoms with Gasteiger partial charge < -0.3 is 14.8 Å². The van der Waals surface area contributed by atoms with Crippen LogP contribution in [0.25, 0.3) is 22.3 Å². The number of amides is 1. The number of carbonyl (C=O) groups excluding carboxylic acids is 1. The Morgan fingerprint density at radius 2 is 0.912 bits per heavy atom. The summed E-state index contributed by atoms with van der Waals surface area (Å²) in [6, 6.07) is 24.3. The molecule has 3 aromatic rings. The fourth-order valence-corrected chi connectivity index (χ4v) is 3.32. The van der Waals surface area contributed by atoms with Crippen molar-refractivity contribution >= 4 is 17.5 Å². The second kappa shape index (κ2) is 10.0. The van der Waals surface area contributed by atoms with Gasteiger partial charge in [-0.3, -0.25) is 5.32 Å². The molecule has 3 rings (SSSR count). The molecule has 3 aromatic carbocycles. The largest absolute Gasteiger partial charge is 0.474 e. The second-order valence-corrected chi connectivity index (χ2v) is 10.1. The fourth-order valence-electron chi connectivity index (χ4n) is 3.32. The van der Waals surface area contributed by atoms with Crippen LogP contribution in [0.1, 0.15) is 41.5 Å². The van der Waals surface area contributed by atoms with E-state index in [1.165, 1.54) is 0 Å². The van der Waals surface area contributed by atoms with Crippen molar-refractivity contribution in [3.63, 3.8) is 0 Å². The third-order valence-electron chi connectivity index (χ3n) is 4.68. The molecular weight excluding hydrogens is 424 g/mol. The van der Waals surface area contributed by atoms with E-state index in [4.69, 9.17) is 9.47 Å². The topological polar surface area (TPSA) is 59.6 Å². The quantitative estimate of drug-likeness (QED) is 0.367. The van der Waals surface area contributed by atoms with Crippen molar-refractivity contribution in [2.24, 2.45) is 0 Å². The van der Waals surface area contributed by atoms with Crippen LogP contribution < -0.4 is 10.6 Å². The van der Waals surface area contributed by atoms with Gasteiger partial charge >= 0.3 is 6.09 Å². The van der Waals surface area contributed by atoms with Gasteiger partial charge in [-0.1, -0.05) is 48.5 Å². The molecule has 0 saturated carbocycles. The van der Waals surface area contributed by atoms with E-state index >= 15 is 0 Å². The van der Waals surface area contributed by atoms with Crippen LogP contribution >= 0.6 is 0 Å². The Balaban J connectivity index is 1.62. The number of nitrogens with one attached hydrogen (secondary N) is 2. The van der Waals surface area contributed by atoms with E-state index in [-0.39, 0.29) is 5.60 Å². The normalized spacial score (nSPS) is 11.5. The molecule has 0 radical (unpaired) electrons. The summed E-state index contributed by atoms with van der Waals surface area (Å²) in [6.45, 7) is 15.4. The molecule has 0 aliphatic rings. The summed E-state index contributed by atoms with van der Waals surface area (Å²) in [4.78, 5) is 11.9. The Morgan fingerprint density at radius 1 is 0.588 bits per heavy atom. The number of rotatable bonds is 6. The van der Waals surface area contributed by atoms with Gasteiger partial charge in [0.1, 0.15) is 11.2 Å². The van der Waals surface area contributed by atoms with Crippen molar-refractivity contribution in [1.82, 2.24) is 0 Å². The van der Waals surface area contributed by atoms with Crippen LogP contribution in [0.5, 0.6) is 0 Å². The van der Waals surface area contributed by atoms with Gasteiger partial charge in [-0.25, -0.2) is 4.79 Å². The average Bonchev–Trinajstić information content (AvgIpc) is 2.72. The molecule has 0 aliphatic carbocycles. The van der Waals surface area contributed by atoms with Crippen LogP contribution in [-0.4, -0.2) is 17.3 Å². The molecule has 0 bridgehead atoms. The van der Waals surface area contributed by atoms with Gasteiger partial charge in [-0.15, -0.1) is 0 Å². The van der Waals surface area contributed by atoms with E-state index in [1.54, 1.807) is 0 Å². The van der Waals surface area contributed by atoms with Crippen LogP contribution in [0.2, 0.25) is 0 Å². The zero-order chi connectivity index (χ0) is 24.9. The van der Waals surface area contributed by atoms with Crippen molar-refractivity contribution in [1.29, 1.82) is 0 Å². The lowest BCUT2D eigenvalue weighted by atomic mass is 10.00. The first kappa shape index (κ1) is 24.9. The summed E-state index contributed by atoms with van der Waals surface area (Å²) in [5.74, 6) is 0.525. The highest BCUT2D eigenvalue weighted by Crippen LogP contribution is 2.27. The van der Waals surface area contributed by atoms with E-state index in [2.05, 4.69) is 53.6 Å². The van der Waals surface area contributed by atoms with Gasteiger partial charge in [0.2, 0.25) is 0 Å². The fraction of sp³-hybridized carbons (Fsp3) is 0.276.